The summed E-state index contributed by atoms with van der Waals surface area (Å²) < 4.78 is 3.37. The number of amides is 1. The van der Waals surface area contributed by atoms with Gasteiger partial charge in [-0.3, -0.25) is 14.4 Å². The van der Waals surface area contributed by atoms with Crippen molar-refractivity contribution in [2.75, 3.05) is 27.2 Å². The number of pyridine rings is 1. The molecule has 0 bridgehead atoms. The van der Waals surface area contributed by atoms with Crippen LogP contribution in [0.3, 0.4) is 0 Å². The zero-order valence-electron chi connectivity index (χ0n) is 19.6. The number of ketones is 1. The molecule has 2 heterocycles. The van der Waals surface area contributed by atoms with Gasteiger partial charge >= 0.3 is 0 Å². The van der Waals surface area contributed by atoms with Gasteiger partial charge in [-0.05, 0) is 38.6 Å². The molecule has 0 fully saturated rings. The molecule has 0 aliphatic rings. The highest BCUT2D eigenvalue weighted by Gasteiger charge is 2.24. The minimum Gasteiger partial charge on any atom is -0.349 e. The number of nitrogens with one attached hydrogen (secondary N) is 1. The number of benzene rings is 1. The number of hydrogen-bond acceptors (Lipinski definition) is 4. The lowest BCUT2D eigenvalue weighted by Crippen LogP contribution is -2.32. The molecule has 0 spiro atoms. The standard InChI is InChI=1S/C25H32N4O3/c1-6-18-15-20-22(25(32)29(18)16-21(30)17-11-9-8-10-12-17)19(7-2)23(28(20)5)24(31)26-13-14-27(3)4/h8-12,15H,6-7,13-14,16H2,1-5H3,(H,26,31). The van der Waals surface area contributed by atoms with E-state index in [9.17, 15) is 14.4 Å². The molecule has 0 aliphatic heterocycles. The Balaban J connectivity index is 2.10. The van der Waals surface area contributed by atoms with Gasteiger partial charge in [0.15, 0.2) is 5.78 Å². The summed E-state index contributed by atoms with van der Waals surface area (Å²) in [6, 6.07) is 10.9. The average molecular weight is 437 g/mol. The minimum atomic E-state index is -0.219. The van der Waals surface area contributed by atoms with Gasteiger partial charge in [-0.15, -0.1) is 0 Å². The van der Waals surface area contributed by atoms with E-state index >= 15 is 0 Å². The van der Waals surface area contributed by atoms with Crippen molar-refractivity contribution in [3.8, 4) is 0 Å². The molecule has 7 nitrogen and oxygen atoms in total. The van der Waals surface area contributed by atoms with Gasteiger partial charge < -0.3 is 19.4 Å². The highest BCUT2D eigenvalue weighted by atomic mass is 16.2. The van der Waals surface area contributed by atoms with E-state index in [0.717, 1.165) is 23.3 Å². The van der Waals surface area contributed by atoms with Crippen molar-refractivity contribution < 1.29 is 9.59 Å². The Morgan fingerprint density at radius 3 is 2.34 bits per heavy atom. The predicted molar refractivity (Wildman–Crippen MR) is 128 cm³/mol. The zero-order valence-corrected chi connectivity index (χ0v) is 19.6. The van der Waals surface area contributed by atoms with Crippen LogP contribution in [-0.2, 0) is 26.4 Å². The molecular weight excluding hydrogens is 404 g/mol. The van der Waals surface area contributed by atoms with Gasteiger partial charge in [-0.25, -0.2) is 0 Å². The summed E-state index contributed by atoms with van der Waals surface area (Å²) in [6.07, 6.45) is 1.14. The van der Waals surface area contributed by atoms with E-state index in [1.165, 1.54) is 0 Å². The molecule has 0 aliphatic carbocycles. The second kappa shape index (κ2) is 9.96. The number of likely N-dealkylation sites (N-methyl/N-ethyl adjacent to an activating group) is 1. The maximum atomic E-state index is 13.6. The van der Waals surface area contributed by atoms with Gasteiger partial charge in [-0.2, -0.15) is 0 Å². The number of fused-ring (bicyclic) bond motifs is 1. The summed E-state index contributed by atoms with van der Waals surface area (Å²) in [5.41, 5.74) is 3.08. The van der Waals surface area contributed by atoms with Crippen molar-refractivity contribution in [3.05, 3.63) is 69.3 Å². The van der Waals surface area contributed by atoms with Crippen LogP contribution in [0.15, 0.2) is 41.2 Å². The van der Waals surface area contributed by atoms with Gasteiger partial charge in [-0.1, -0.05) is 44.2 Å². The predicted octanol–water partition coefficient (Wildman–Crippen LogP) is 2.64. The Bertz CT molecular complexity index is 1190. The van der Waals surface area contributed by atoms with Crippen LogP contribution in [0.25, 0.3) is 10.9 Å². The normalized spacial score (nSPS) is 11.3. The third-order valence-electron chi connectivity index (χ3n) is 5.82. The highest BCUT2D eigenvalue weighted by Crippen LogP contribution is 2.25. The number of hydrogen-bond donors (Lipinski definition) is 1. The van der Waals surface area contributed by atoms with Gasteiger partial charge in [0.25, 0.3) is 11.5 Å². The van der Waals surface area contributed by atoms with Gasteiger partial charge in [0, 0.05) is 31.4 Å². The lowest BCUT2D eigenvalue weighted by atomic mass is 10.1. The molecule has 0 radical (unpaired) electrons. The van der Waals surface area contributed by atoms with E-state index in [1.807, 2.05) is 68.7 Å². The second-order valence-corrected chi connectivity index (χ2v) is 8.23. The van der Waals surface area contributed by atoms with Gasteiger partial charge in [0.2, 0.25) is 0 Å². The van der Waals surface area contributed by atoms with E-state index in [1.54, 1.807) is 16.7 Å². The van der Waals surface area contributed by atoms with Crippen LogP contribution in [0.1, 0.15) is 46.0 Å². The van der Waals surface area contributed by atoms with Gasteiger partial charge in [0.05, 0.1) is 17.4 Å². The number of aryl methyl sites for hydroxylation is 3. The third-order valence-corrected chi connectivity index (χ3v) is 5.82. The molecule has 1 aromatic carbocycles. The molecule has 1 amide bonds. The zero-order chi connectivity index (χ0) is 23.4. The van der Waals surface area contributed by atoms with Crippen molar-refractivity contribution in [2.45, 2.75) is 33.2 Å². The fourth-order valence-corrected chi connectivity index (χ4v) is 4.11. The maximum absolute atomic E-state index is 13.6. The largest absolute Gasteiger partial charge is 0.349 e. The van der Waals surface area contributed by atoms with Crippen LogP contribution in [-0.4, -0.2) is 52.9 Å². The maximum Gasteiger partial charge on any atom is 0.268 e. The number of aromatic nitrogens is 2. The van der Waals surface area contributed by atoms with Crippen LogP contribution in [0.4, 0.5) is 0 Å². The first kappa shape index (κ1) is 23.5. The van der Waals surface area contributed by atoms with E-state index in [-0.39, 0.29) is 23.8 Å². The molecule has 0 saturated carbocycles. The molecule has 2 aromatic heterocycles. The summed E-state index contributed by atoms with van der Waals surface area (Å²) >= 11 is 0. The summed E-state index contributed by atoms with van der Waals surface area (Å²) in [4.78, 5) is 41.4. The lowest BCUT2D eigenvalue weighted by Gasteiger charge is -2.13. The molecule has 0 atom stereocenters. The Morgan fingerprint density at radius 2 is 1.75 bits per heavy atom. The molecule has 1 N–H and O–H groups in total. The third kappa shape index (κ3) is 4.53. The van der Waals surface area contributed by atoms with Crippen LogP contribution in [0.5, 0.6) is 0 Å². The quantitative estimate of drug-likeness (QED) is 0.523. The van der Waals surface area contributed by atoms with Crippen LogP contribution < -0.4 is 10.9 Å². The van der Waals surface area contributed by atoms with Crippen LogP contribution in [0.2, 0.25) is 0 Å². The highest BCUT2D eigenvalue weighted by molar-refractivity contribution is 6.02. The van der Waals surface area contributed by atoms with Crippen LogP contribution in [0, 0.1) is 0 Å². The lowest BCUT2D eigenvalue weighted by molar-refractivity contribution is 0.0940. The molecule has 170 valence electrons. The van der Waals surface area contributed by atoms with Crippen molar-refractivity contribution in [1.29, 1.82) is 0 Å². The van der Waals surface area contributed by atoms with Crippen LogP contribution >= 0.6 is 0 Å². The number of nitrogens with zero attached hydrogens (tertiary/aromatic N) is 3. The topological polar surface area (TPSA) is 76.3 Å². The number of carbonyl (C=O) groups is 2. The average Bonchev–Trinajstić information content (AvgIpc) is 3.07. The fraction of sp³-hybridized carbons (Fsp3) is 0.400. The van der Waals surface area contributed by atoms with Crippen molar-refractivity contribution in [1.82, 2.24) is 19.4 Å². The minimum absolute atomic E-state index is 0.0234. The van der Waals surface area contributed by atoms with Crippen molar-refractivity contribution in [2.24, 2.45) is 7.05 Å². The van der Waals surface area contributed by atoms with E-state index in [2.05, 4.69) is 5.32 Å². The monoisotopic (exact) mass is 436 g/mol. The summed E-state index contributed by atoms with van der Waals surface area (Å²) in [5.74, 6) is -0.302. The summed E-state index contributed by atoms with van der Waals surface area (Å²) in [6.45, 7) is 5.13. The van der Waals surface area contributed by atoms with E-state index in [0.29, 0.717) is 36.0 Å². The van der Waals surface area contributed by atoms with E-state index < -0.39 is 0 Å². The first-order chi connectivity index (χ1) is 15.3. The number of Topliss-reactive ketones (excluding diaryl/α,β-unsaturated/α-hetero) is 1. The summed E-state index contributed by atoms with van der Waals surface area (Å²) in [5, 5.41) is 3.48. The smallest absolute Gasteiger partial charge is 0.268 e. The van der Waals surface area contributed by atoms with Crippen molar-refractivity contribution in [3.63, 3.8) is 0 Å². The van der Waals surface area contributed by atoms with Crippen molar-refractivity contribution >= 4 is 22.6 Å². The number of carbonyl (C=O) groups excluding carboxylic acids is 2. The molecule has 3 rings (SSSR count). The Labute approximate surface area is 188 Å². The molecule has 7 heteroatoms. The number of rotatable bonds is 9. The second-order valence-electron chi connectivity index (χ2n) is 8.23. The Kier molecular flexibility index (Phi) is 7.30. The molecule has 0 unspecified atom stereocenters. The fourth-order valence-electron chi connectivity index (χ4n) is 4.11. The Hall–Kier alpha value is -3.19. The Morgan fingerprint density at radius 1 is 1.06 bits per heavy atom. The molecule has 32 heavy (non-hydrogen) atoms. The molecular formula is C25H32N4O3. The SMILES string of the molecule is CCc1c(C(=O)NCCN(C)C)n(C)c2cc(CC)n(CC(=O)c3ccccc3)c(=O)c12. The molecule has 0 saturated heterocycles. The summed E-state index contributed by atoms with van der Waals surface area (Å²) in [7, 11) is 5.72. The first-order valence-electron chi connectivity index (χ1n) is 11.0. The molecule has 3 aromatic rings. The van der Waals surface area contributed by atoms with E-state index in [4.69, 9.17) is 0 Å². The first-order valence-corrected chi connectivity index (χ1v) is 11.0. The van der Waals surface area contributed by atoms with Gasteiger partial charge in [0.1, 0.15) is 5.69 Å².